The first-order valence-electron chi connectivity index (χ1n) is 7.32. The van der Waals surface area contributed by atoms with Gasteiger partial charge >= 0.3 is 6.18 Å². The zero-order chi connectivity index (χ0) is 15.5. The number of ether oxygens (including phenoxy) is 1. The number of halogens is 3. The van der Waals surface area contributed by atoms with E-state index in [4.69, 9.17) is 4.74 Å². The molecule has 1 saturated heterocycles. The lowest BCUT2D eigenvalue weighted by Crippen LogP contribution is -2.43. The van der Waals surface area contributed by atoms with Gasteiger partial charge in [0.25, 0.3) is 0 Å². The zero-order valence-corrected chi connectivity index (χ0v) is 12.3. The quantitative estimate of drug-likeness (QED) is 0.903. The van der Waals surface area contributed by atoms with E-state index >= 15 is 0 Å². The van der Waals surface area contributed by atoms with Gasteiger partial charge in [-0.1, -0.05) is 13.8 Å². The normalized spacial score (nSPS) is 22.0. The van der Waals surface area contributed by atoms with Crippen LogP contribution >= 0.6 is 0 Å². The van der Waals surface area contributed by atoms with Crippen molar-refractivity contribution in [2.24, 2.45) is 0 Å². The molecule has 1 fully saturated rings. The van der Waals surface area contributed by atoms with Gasteiger partial charge in [0.15, 0.2) is 0 Å². The SMILES string of the molecule is CCC1(CC)CC(Nc2ccc(C(F)(F)F)cn2)CCO1. The predicted molar refractivity (Wildman–Crippen MR) is 75.1 cm³/mol. The number of nitrogens with zero attached hydrogens (tertiary/aromatic N) is 1. The molecule has 6 heteroatoms. The van der Waals surface area contributed by atoms with Gasteiger partial charge in [0.05, 0.1) is 11.2 Å². The Bertz CT molecular complexity index is 455. The van der Waals surface area contributed by atoms with Gasteiger partial charge in [-0.25, -0.2) is 4.98 Å². The number of alkyl halides is 3. The first-order valence-corrected chi connectivity index (χ1v) is 7.32. The van der Waals surface area contributed by atoms with Crippen LogP contribution in [0.25, 0.3) is 0 Å². The Hall–Kier alpha value is -1.30. The lowest BCUT2D eigenvalue weighted by Gasteiger charge is -2.40. The summed E-state index contributed by atoms with van der Waals surface area (Å²) in [4.78, 5) is 3.87. The third kappa shape index (κ3) is 3.87. The molecule has 1 aliphatic heterocycles. The van der Waals surface area contributed by atoms with Gasteiger partial charge in [0.1, 0.15) is 5.82 Å². The molecule has 0 bridgehead atoms. The maximum atomic E-state index is 12.5. The summed E-state index contributed by atoms with van der Waals surface area (Å²) in [5, 5.41) is 3.22. The smallest absolute Gasteiger partial charge is 0.375 e. The Morgan fingerprint density at radius 3 is 2.57 bits per heavy atom. The van der Waals surface area contributed by atoms with Crippen LogP contribution in [-0.4, -0.2) is 23.2 Å². The van der Waals surface area contributed by atoms with E-state index in [0.717, 1.165) is 37.9 Å². The number of pyridine rings is 1. The summed E-state index contributed by atoms with van der Waals surface area (Å²) in [6.07, 6.45) is 0.0791. The van der Waals surface area contributed by atoms with E-state index < -0.39 is 11.7 Å². The lowest BCUT2D eigenvalue weighted by atomic mass is 9.86. The summed E-state index contributed by atoms with van der Waals surface area (Å²) < 4.78 is 43.4. The number of aromatic nitrogens is 1. The standard InChI is InChI=1S/C15H21F3N2O/c1-3-14(4-2)9-12(7-8-21-14)20-13-6-5-11(10-19-13)15(16,17)18/h5-6,10,12H,3-4,7-9H2,1-2H3,(H,19,20). The van der Waals surface area contributed by atoms with Gasteiger partial charge < -0.3 is 10.1 Å². The molecule has 2 rings (SSSR count). The molecule has 0 spiro atoms. The molecule has 1 N–H and O–H groups in total. The first kappa shape index (κ1) is 16.1. The Morgan fingerprint density at radius 1 is 1.33 bits per heavy atom. The summed E-state index contributed by atoms with van der Waals surface area (Å²) in [5.74, 6) is 0.482. The molecule has 118 valence electrons. The number of rotatable bonds is 4. The summed E-state index contributed by atoms with van der Waals surface area (Å²) in [5.41, 5.74) is -0.849. The van der Waals surface area contributed by atoms with E-state index in [1.54, 1.807) is 0 Å². The minimum absolute atomic E-state index is 0.123. The Labute approximate surface area is 122 Å². The van der Waals surface area contributed by atoms with Crippen molar-refractivity contribution in [3.8, 4) is 0 Å². The van der Waals surface area contributed by atoms with Gasteiger partial charge in [0, 0.05) is 18.8 Å². The Balaban J connectivity index is 2.01. The molecule has 0 saturated carbocycles. The van der Waals surface area contributed by atoms with Crippen LogP contribution in [0, 0.1) is 0 Å². The molecular weight excluding hydrogens is 281 g/mol. The summed E-state index contributed by atoms with van der Waals surface area (Å²) >= 11 is 0. The van der Waals surface area contributed by atoms with E-state index in [9.17, 15) is 13.2 Å². The molecule has 21 heavy (non-hydrogen) atoms. The van der Waals surface area contributed by atoms with Crippen molar-refractivity contribution in [1.82, 2.24) is 4.98 Å². The number of hydrogen-bond acceptors (Lipinski definition) is 3. The third-order valence-electron chi connectivity index (χ3n) is 4.22. The second-order valence-electron chi connectivity index (χ2n) is 5.50. The summed E-state index contributed by atoms with van der Waals surface area (Å²) in [6.45, 7) is 4.87. The average molecular weight is 302 g/mol. The number of nitrogens with one attached hydrogen (secondary N) is 1. The van der Waals surface area contributed by atoms with Gasteiger partial charge in [-0.2, -0.15) is 13.2 Å². The fourth-order valence-corrected chi connectivity index (χ4v) is 2.75. The van der Waals surface area contributed by atoms with E-state index in [1.807, 2.05) is 0 Å². The highest BCUT2D eigenvalue weighted by Crippen LogP contribution is 2.33. The lowest BCUT2D eigenvalue weighted by molar-refractivity contribution is -0.137. The molecule has 1 unspecified atom stereocenters. The number of anilines is 1. The third-order valence-corrected chi connectivity index (χ3v) is 4.22. The second kappa shape index (κ2) is 6.22. The molecule has 0 radical (unpaired) electrons. The van der Waals surface area contributed by atoms with Crippen LogP contribution in [0.2, 0.25) is 0 Å². The molecule has 0 aromatic carbocycles. The van der Waals surface area contributed by atoms with Crippen LogP contribution in [0.5, 0.6) is 0 Å². The second-order valence-corrected chi connectivity index (χ2v) is 5.50. The fraction of sp³-hybridized carbons (Fsp3) is 0.667. The molecular formula is C15H21F3N2O. The van der Waals surface area contributed by atoms with Crippen molar-refractivity contribution in [3.63, 3.8) is 0 Å². The van der Waals surface area contributed by atoms with Crippen molar-refractivity contribution < 1.29 is 17.9 Å². The predicted octanol–water partition coefficient (Wildman–Crippen LogP) is 4.25. The largest absolute Gasteiger partial charge is 0.417 e. The van der Waals surface area contributed by atoms with Crippen LogP contribution in [0.4, 0.5) is 19.0 Å². The van der Waals surface area contributed by atoms with Crippen LogP contribution in [0.3, 0.4) is 0 Å². The van der Waals surface area contributed by atoms with E-state index in [-0.39, 0.29) is 11.6 Å². The Kier molecular flexibility index (Phi) is 4.76. The molecule has 0 amide bonds. The zero-order valence-electron chi connectivity index (χ0n) is 12.3. The highest BCUT2D eigenvalue weighted by molar-refractivity contribution is 5.37. The maximum Gasteiger partial charge on any atom is 0.417 e. The van der Waals surface area contributed by atoms with Crippen LogP contribution in [-0.2, 0) is 10.9 Å². The highest BCUT2D eigenvalue weighted by atomic mass is 19.4. The van der Waals surface area contributed by atoms with Crippen LogP contribution in [0.1, 0.15) is 45.1 Å². The molecule has 0 aliphatic carbocycles. The summed E-state index contributed by atoms with van der Waals surface area (Å²) in [6, 6.07) is 2.63. The minimum atomic E-state index is -4.34. The fourth-order valence-electron chi connectivity index (χ4n) is 2.75. The summed E-state index contributed by atoms with van der Waals surface area (Å²) in [7, 11) is 0. The molecule has 1 aromatic heterocycles. The highest BCUT2D eigenvalue weighted by Gasteiger charge is 2.35. The van der Waals surface area contributed by atoms with Crippen molar-refractivity contribution in [2.75, 3.05) is 11.9 Å². The van der Waals surface area contributed by atoms with Gasteiger partial charge in [0.2, 0.25) is 0 Å². The molecule has 1 atom stereocenters. The van der Waals surface area contributed by atoms with Crippen LogP contribution in [0.15, 0.2) is 18.3 Å². The molecule has 2 heterocycles. The van der Waals surface area contributed by atoms with Crippen molar-refractivity contribution in [2.45, 2.75) is 57.3 Å². The topological polar surface area (TPSA) is 34.2 Å². The number of hydrogen-bond donors (Lipinski definition) is 1. The minimum Gasteiger partial charge on any atom is -0.375 e. The molecule has 1 aliphatic rings. The average Bonchev–Trinajstić information content (AvgIpc) is 2.47. The van der Waals surface area contributed by atoms with Gasteiger partial charge in [-0.05, 0) is 37.8 Å². The van der Waals surface area contributed by atoms with E-state index in [2.05, 4.69) is 24.1 Å². The molecule has 1 aromatic rings. The van der Waals surface area contributed by atoms with Crippen molar-refractivity contribution in [3.05, 3.63) is 23.9 Å². The van der Waals surface area contributed by atoms with E-state index in [1.165, 1.54) is 6.07 Å². The van der Waals surface area contributed by atoms with Gasteiger partial charge in [-0.3, -0.25) is 0 Å². The first-order chi connectivity index (χ1) is 9.88. The van der Waals surface area contributed by atoms with Gasteiger partial charge in [-0.15, -0.1) is 0 Å². The Morgan fingerprint density at radius 2 is 2.05 bits per heavy atom. The maximum absolute atomic E-state index is 12.5. The van der Waals surface area contributed by atoms with E-state index in [0.29, 0.717) is 12.4 Å². The monoisotopic (exact) mass is 302 g/mol. The van der Waals surface area contributed by atoms with Crippen molar-refractivity contribution >= 4 is 5.82 Å². The molecule has 3 nitrogen and oxygen atoms in total. The van der Waals surface area contributed by atoms with Crippen molar-refractivity contribution in [1.29, 1.82) is 0 Å². The van der Waals surface area contributed by atoms with Crippen LogP contribution < -0.4 is 5.32 Å².